The SMILES string of the molecule is Cc1cccc(OCc2ccc(C(=O)Nc3cccc4ccccc34)cc2)c1. The molecule has 0 saturated heterocycles. The molecule has 0 saturated carbocycles. The number of benzene rings is 4. The fraction of sp³-hybridized carbons (Fsp3) is 0.0800. The lowest BCUT2D eigenvalue weighted by atomic mass is 10.1. The Hall–Kier alpha value is -3.59. The first-order valence-corrected chi connectivity index (χ1v) is 9.26. The van der Waals surface area contributed by atoms with Gasteiger partial charge in [0.25, 0.3) is 5.91 Å². The number of amides is 1. The van der Waals surface area contributed by atoms with Crippen molar-refractivity contribution < 1.29 is 9.53 Å². The van der Waals surface area contributed by atoms with E-state index in [2.05, 4.69) is 5.32 Å². The summed E-state index contributed by atoms with van der Waals surface area (Å²) in [6.07, 6.45) is 0. The van der Waals surface area contributed by atoms with E-state index in [9.17, 15) is 4.79 Å². The normalized spacial score (nSPS) is 10.6. The van der Waals surface area contributed by atoms with Gasteiger partial charge in [0.1, 0.15) is 12.4 Å². The lowest BCUT2D eigenvalue weighted by Crippen LogP contribution is -2.12. The highest BCUT2D eigenvalue weighted by Crippen LogP contribution is 2.23. The van der Waals surface area contributed by atoms with Gasteiger partial charge in [0.05, 0.1) is 0 Å². The molecule has 0 radical (unpaired) electrons. The first-order valence-electron chi connectivity index (χ1n) is 9.26. The summed E-state index contributed by atoms with van der Waals surface area (Å²) in [5, 5.41) is 5.14. The third-order valence-electron chi connectivity index (χ3n) is 4.65. The Kier molecular flexibility index (Phi) is 5.07. The van der Waals surface area contributed by atoms with E-state index in [1.54, 1.807) is 0 Å². The molecule has 4 aromatic carbocycles. The predicted molar refractivity (Wildman–Crippen MR) is 114 cm³/mol. The van der Waals surface area contributed by atoms with Gasteiger partial charge < -0.3 is 10.1 Å². The van der Waals surface area contributed by atoms with E-state index in [1.165, 1.54) is 0 Å². The van der Waals surface area contributed by atoms with Gasteiger partial charge in [-0.2, -0.15) is 0 Å². The Balaban J connectivity index is 1.44. The van der Waals surface area contributed by atoms with E-state index in [1.807, 2.05) is 97.9 Å². The molecule has 1 amide bonds. The molecule has 0 aliphatic heterocycles. The second-order valence-corrected chi connectivity index (χ2v) is 6.78. The van der Waals surface area contributed by atoms with Gasteiger partial charge in [0, 0.05) is 16.6 Å². The van der Waals surface area contributed by atoms with Gasteiger partial charge in [0.2, 0.25) is 0 Å². The summed E-state index contributed by atoms with van der Waals surface area (Å²) in [5.74, 6) is 0.722. The van der Waals surface area contributed by atoms with Gasteiger partial charge in [-0.05, 0) is 53.8 Å². The number of hydrogen-bond acceptors (Lipinski definition) is 2. The molecule has 0 unspecified atom stereocenters. The second kappa shape index (κ2) is 7.97. The predicted octanol–water partition coefficient (Wildman–Crippen LogP) is 5.98. The van der Waals surface area contributed by atoms with E-state index >= 15 is 0 Å². The van der Waals surface area contributed by atoms with Crippen LogP contribution >= 0.6 is 0 Å². The molecule has 0 heterocycles. The van der Waals surface area contributed by atoms with Crippen molar-refractivity contribution in [2.45, 2.75) is 13.5 Å². The molecule has 0 bridgehead atoms. The summed E-state index contributed by atoms with van der Waals surface area (Å²) >= 11 is 0. The monoisotopic (exact) mass is 367 g/mol. The van der Waals surface area contributed by atoms with Crippen LogP contribution in [0.1, 0.15) is 21.5 Å². The summed E-state index contributed by atoms with van der Waals surface area (Å²) < 4.78 is 5.82. The zero-order chi connectivity index (χ0) is 19.3. The highest BCUT2D eigenvalue weighted by atomic mass is 16.5. The number of anilines is 1. The largest absolute Gasteiger partial charge is 0.489 e. The molecule has 0 aliphatic carbocycles. The molecule has 3 heteroatoms. The van der Waals surface area contributed by atoms with E-state index in [0.717, 1.165) is 33.3 Å². The number of hydrogen-bond donors (Lipinski definition) is 1. The average molecular weight is 367 g/mol. The van der Waals surface area contributed by atoms with Crippen molar-refractivity contribution >= 4 is 22.4 Å². The maximum absolute atomic E-state index is 12.6. The molecule has 28 heavy (non-hydrogen) atoms. The lowest BCUT2D eigenvalue weighted by Gasteiger charge is -2.10. The maximum Gasteiger partial charge on any atom is 0.255 e. The summed E-state index contributed by atoms with van der Waals surface area (Å²) in [5.41, 5.74) is 3.61. The van der Waals surface area contributed by atoms with Crippen molar-refractivity contribution in [3.05, 3.63) is 108 Å². The van der Waals surface area contributed by atoms with E-state index in [-0.39, 0.29) is 5.91 Å². The van der Waals surface area contributed by atoms with Crippen molar-refractivity contribution in [3.63, 3.8) is 0 Å². The molecular formula is C25H21NO2. The van der Waals surface area contributed by atoms with Crippen LogP contribution in [0.4, 0.5) is 5.69 Å². The standard InChI is InChI=1S/C25H21NO2/c1-18-6-4-9-22(16-18)28-17-19-12-14-21(15-13-19)25(27)26-24-11-5-8-20-7-2-3-10-23(20)24/h2-16H,17H2,1H3,(H,26,27). The van der Waals surface area contributed by atoms with E-state index in [4.69, 9.17) is 4.74 Å². The molecular weight excluding hydrogens is 346 g/mol. The van der Waals surface area contributed by atoms with Crippen LogP contribution in [0.15, 0.2) is 91.0 Å². The maximum atomic E-state index is 12.6. The van der Waals surface area contributed by atoms with Crippen LogP contribution in [-0.4, -0.2) is 5.91 Å². The molecule has 0 aromatic heterocycles. The molecule has 0 spiro atoms. The molecule has 0 atom stereocenters. The quantitative estimate of drug-likeness (QED) is 0.471. The second-order valence-electron chi connectivity index (χ2n) is 6.78. The Morgan fingerprint density at radius 1 is 0.857 bits per heavy atom. The smallest absolute Gasteiger partial charge is 0.255 e. The third-order valence-corrected chi connectivity index (χ3v) is 4.65. The van der Waals surface area contributed by atoms with Crippen LogP contribution in [0.3, 0.4) is 0 Å². The number of carbonyl (C=O) groups is 1. The van der Waals surface area contributed by atoms with Crippen molar-refractivity contribution in [2.24, 2.45) is 0 Å². The summed E-state index contributed by atoms with van der Waals surface area (Å²) in [4.78, 5) is 12.6. The Bertz CT molecular complexity index is 1110. The highest BCUT2D eigenvalue weighted by molar-refractivity contribution is 6.09. The first kappa shape index (κ1) is 17.8. The summed E-state index contributed by atoms with van der Waals surface area (Å²) in [6, 6.07) is 29.4. The van der Waals surface area contributed by atoms with E-state index in [0.29, 0.717) is 12.2 Å². The number of nitrogens with one attached hydrogen (secondary N) is 1. The number of rotatable bonds is 5. The molecule has 4 aromatic rings. The van der Waals surface area contributed by atoms with Crippen molar-refractivity contribution in [3.8, 4) is 5.75 Å². The zero-order valence-electron chi connectivity index (χ0n) is 15.7. The van der Waals surface area contributed by atoms with Gasteiger partial charge >= 0.3 is 0 Å². The van der Waals surface area contributed by atoms with Crippen LogP contribution in [0.25, 0.3) is 10.8 Å². The van der Waals surface area contributed by atoms with Gasteiger partial charge in [-0.1, -0.05) is 60.7 Å². The zero-order valence-corrected chi connectivity index (χ0v) is 15.7. The topological polar surface area (TPSA) is 38.3 Å². The average Bonchev–Trinajstić information content (AvgIpc) is 2.73. The van der Waals surface area contributed by atoms with Crippen LogP contribution in [0.2, 0.25) is 0 Å². The number of ether oxygens (including phenoxy) is 1. The van der Waals surface area contributed by atoms with Gasteiger partial charge in [0.15, 0.2) is 0 Å². The number of fused-ring (bicyclic) bond motifs is 1. The third kappa shape index (κ3) is 4.04. The minimum atomic E-state index is -0.123. The minimum Gasteiger partial charge on any atom is -0.489 e. The molecule has 1 N–H and O–H groups in total. The molecule has 0 aliphatic rings. The highest BCUT2D eigenvalue weighted by Gasteiger charge is 2.08. The molecule has 3 nitrogen and oxygen atoms in total. The van der Waals surface area contributed by atoms with Crippen molar-refractivity contribution in [1.82, 2.24) is 0 Å². The summed E-state index contributed by atoms with van der Waals surface area (Å²) in [6.45, 7) is 2.50. The van der Waals surface area contributed by atoms with Crippen LogP contribution in [-0.2, 0) is 6.61 Å². The number of carbonyl (C=O) groups excluding carboxylic acids is 1. The fourth-order valence-electron chi connectivity index (χ4n) is 3.15. The fourth-order valence-corrected chi connectivity index (χ4v) is 3.15. The lowest BCUT2D eigenvalue weighted by molar-refractivity contribution is 0.102. The van der Waals surface area contributed by atoms with Crippen LogP contribution < -0.4 is 10.1 Å². The van der Waals surface area contributed by atoms with Crippen LogP contribution in [0.5, 0.6) is 5.75 Å². The van der Waals surface area contributed by atoms with Gasteiger partial charge in [-0.15, -0.1) is 0 Å². The molecule has 138 valence electrons. The molecule has 4 rings (SSSR count). The molecule has 0 fully saturated rings. The van der Waals surface area contributed by atoms with Crippen LogP contribution in [0, 0.1) is 6.92 Å². The van der Waals surface area contributed by atoms with Crippen molar-refractivity contribution in [1.29, 1.82) is 0 Å². The number of aryl methyl sites for hydroxylation is 1. The first-order chi connectivity index (χ1) is 13.7. The van der Waals surface area contributed by atoms with E-state index < -0.39 is 0 Å². The van der Waals surface area contributed by atoms with Gasteiger partial charge in [-0.25, -0.2) is 0 Å². The Labute approximate surface area is 164 Å². The van der Waals surface area contributed by atoms with Gasteiger partial charge in [-0.3, -0.25) is 4.79 Å². The summed E-state index contributed by atoms with van der Waals surface area (Å²) in [7, 11) is 0. The Morgan fingerprint density at radius 3 is 2.43 bits per heavy atom. The minimum absolute atomic E-state index is 0.123. The Morgan fingerprint density at radius 2 is 1.61 bits per heavy atom. The van der Waals surface area contributed by atoms with Crippen molar-refractivity contribution in [2.75, 3.05) is 5.32 Å².